The molecule has 180 valence electrons. The Morgan fingerprint density at radius 1 is 1.17 bits per heavy atom. The number of halogens is 2. The van der Waals surface area contributed by atoms with Crippen LogP contribution in [0.3, 0.4) is 0 Å². The van der Waals surface area contributed by atoms with Crippen molar-refractivity contribution in [3.8, 4) is 5.75 Å². The van der Waals surface area contributed by atoms with Gasteiger partial charge in [0.25, 0.3) is 0 Å². The van der Waals surface area contributed by atoms with Gasteiger partial charge in [0.2, 0.25) is 5.91 Å². The van der Waals surface area contributed by atoms with E-state index in [1.165, 1.54) is 41.5 Å². The Bertz CT molecular complexity index is 1380. The van der Waals surface area contributed by atoms with Crippen molar-refractivity contribution in [3.05, 3.63) is 66.5 Å². The number of carboxylic acids is 1. The lowest BCUT2D eigenvalue weighted by atomic mass is 10.2. The SMILES string of the molecule is O=C(Cn1cc(Nc2ncnc3cc(OCCCCl)ccc23)c(C(=O)O)n1)Nc1cccc(F)c1. The van der Waals surface area contributed by atoms with E-state index in [9.17, 15) is 19.1 Å². The molecule has 3 N–H and O–H groups in total. The van der Waals surface area contributed by atoms with Crippen LogP contribution in [0.2, 0.25) is 0 Å². The Hall–Kier alpha value is -4.25. The molecular weight excluding hydrogens is 479 g/mol. The van der Waals surface area contributed by atoms with Crippen LogP contribution in [-0.2, 0) is 11.3 Å². The summed E-state index contributed by atoms with van der Waals surface area (Å²) in [5.74, 6) is -0.812. The zero-order chi connectivity index (χ0) is 24.8. The van der Waals surface area contributed by atoms with Crippen LogP contribution in [0.4, 0.5) is 21.6 Å². The third-order valence-corrected chi connectivity index (χ3v) is 5.05. The number of fused-ring (bicyclic) bond motifs is 1. The van der Waals surface area contributed by atoms with E-state index in [1.54, 1.807) is 18.2 Å². The molecule has 10 nitrogen and oxygen atoms in total. The highest BCUT2D eigenvalue weighted by atomic mass is 35.5. The van der Waals surface area contributed by atoms with Crippen LogP contribution in [0.15, 0.2) is 55.0 Å². The monoisotopic (exact) mass is 498 g/mol. The fraction of sp³-hybridized carbons (Fsp3) is 0.174. The van der Waals surface area contributed by atoms with E-state index < -0.39 is 17.7 Å². The first kappa shape index (κ1) is 23.9. The number of carbonyl (C=O) groups excluding carboxylic acids is 1. The van der Waals surface area contributed by atoms with E-state index in [1.807, 2.05) is 0 Å². The molecule has 0 radical (unpaired) electrons. The summed E-state index contributed by atoms with van der Waals surface area (Å²) >= 11 is 5.67. The van der Waals surface area contributed by atoms with Crippen molar-refractivity contribution >= 4 is 51.6 Å². The molecule has 0 bridgehead atoms. The van der Waals surface area contributed by atoms with E-state index in [0.717, 1.165) is 0 Å². The van der Waals surface area contributed by atoms with Gasteiger partial charge in [-0.1, -0.05) is 6.07 Å². The Kier molecular flexibility index (Phi) is 7.36. The van der Waals surface area contributed by atoms with E-state index in [0.29, 0.717) is 41.4 Å². The standard InChI is InChI=1S/C23H20ClFN6O4/c24-7-2-8-35-16-5-6-17-18(10-16)26-13-27-22(17)29-19-11-31(30-21(19)23(33)34)12-20(32)28-15-4-1-3-14(25)9-15/h1,3-6,9-11,13H,2,7-8,12H2,(H,28,32)(H,33,34)(H,26,27,29). The summed E-state index contributed by atoms with van der Waals surface area (Å²) < 4.78 is 20.1. The third-order valence-electron chi connectivity index (χ3n) is 4.79. The van der Waals surface area contributed by atoms with Crippen molar-refractivity contribution in [2.45, 2.75) is 13.0 Å². The van der Waals surface area contributed by atoms with Crippen LogP contribution in [0.1, 0.15) is 16.9 Å². The molecule has 0 aliphatic heterocycles. The Morgan fingerprint density at radius 2 is 2.03 bits per heavy atom. The number of rotatable bonds is 10. The van der Waals surface area contributed by atoms with Crippen molar-refractivity contribution in [3.63, 3.8) is 0 Å². The summed E-state index contributed by atoms with van der Waals surface area (Å²) in [5, 5.41) is 19.7. The maximum atomic E-state index is 13.3. The van der Waals surface area contributed by atoms with Crippen molar-refractivity contribution in [1.82, 2.24) is 19.7 Å². The second-order valence-electron chi connectivity index (χ2n) is 7.37. The molecule has 0 fully saturated rings. The molecule has 0 saturated carbocycles. The minimum Gasteiger partial charge on any atom is -0.493 e. The Labute approximate surface area is 203 Å². The molecule has 2 aromatic heterocycles. The average Bonchev–Trinajstić information content (AvgIpc) is 3.21. The van der Waals surface area contributed by atoms with Crippen LogP contribution >= 0.6 is 11.6 Å². The van der Waals surface area contributed by atoms with Crippen molar-refractivity contribution in [1.29, 1.82) is 0 Å². The fourth-order valence-corrected chi connectivity index (χ4v) is 3.37. The molecular formula is C23H20ClFN6O4. The summed E-state index contributed by atoms with van der Waals surface area (Å²) in [5.41, 5.74) is 0.705. The molecule has 0 saturated heterocycles. The zero-order valence-electron chi connectivity index (χ0n) is 18.2. The van der Waals surface area contributed by atoms with Gasteiger partial charge in [-0.2, -0.15) is 5.10 Å². The van der Waals surface area contributed by atoms with Gasteiger partial charge >= 0.3 is 5.97 Å². The minimum atomic E-state index is -1.29. The lowest BCUT2D eigenvalue weighted by molar-refractivity contribution is -0.116. The van der Waals surface area contributed by atoms with Crippen LogP contribution in [-0.4, -0.2) is 49.2 Å². The lowest BCUT2D eigenvalue weighted by Gasteiger charge is -2.09. The van der Waals surface area contributed by atoms with Crippen LogP contribution in [0, 0.1) is 5.82 Å². The van der Waals surface area contributed by atoms with Crippen LogP contribution in [0.25, 0.3) is 10.9 Å². The molecule has 1 amide bonds. The number of ether oxygens (including phenoxy) is 1. The number of carboxylic acid groups (broad SMARTS) is 1. The number of benzene rings is 2. The second-order valence-corrected chi connectivity index (χ2v) is 7.75. The average molecular weight is 499 g/mol. The highest BCUT2D eigenvalue weighted by Gasteiger charge is 2.19. The van der Waals surface area contributed by atoms with Gasteiger partial charge in [0, 0.05) is 29.2 Å². The fourth-order valence-electron chi connectivity index (χ4n) is 3.26. The predicted octanol–water partition coefficient (Wildman–Crippen LogP) is 4.05. The molecule has 0 aliphatic rings. The molecule has 0 atom stereocenters. The Balaban J connectivity index is 1.53. The van der Waals surface area contributed by atoms with Crippen molar-refractivity contribution < 1.29 is 23.8 Å². The summed E-state index contributed by atoms with van der Waals surface area (Å²) in [4.78, 5) is 32.6. The number of anilines is 3. The lowest BCUT2D eigenvalue weighted by Crippen LogP contribution is -2.19. The molecule has 4 rings (SSSR count). The summed E-state index contributed by atoms with van der Waals surface area (Å²) in [7, 11) is 0. The molecule has 2 aromatic carbocycles. The van der Waals surface area contributed by atoms with E-state index in [2.05, 4.69) is 25.7 Å². The van der Waals surface area contributed by atoms with Crippen molar-refractivity contribution in [2.24, 2.45) is 0 Å². The molecule has 0 unspecified atom stereocenters. The summed E-state index contributed by atoms with van der Waals surface area (Å²) in [6.07, 6.45) is 3.43. The van der Waals surface area contributed by atoms with Crippen LogP contribution in [0.5, 0.6) is 5.75 Å². The minimum absolute atomic E-state index is 0.137. The van der Waals surface area contributed by atoms with Gasteiger partial charge in [-0.25, -0.2) is 19.2 Å². The van der Waals surface area contributed by atoms with Crippen molar-refractivity contribution in [2.75, 3.05) is 23.1 Å². The van der Waals surface area contributed by atoms with Gasteiger partial charge in [0.15, 0.2) is 5.69 Å². The third kappa shape index (κ3) is 6.01. The quantitative estimate of drug-likeness (QED) is 0.220. The van der Waals surface area contributed by atoms with Gasteiger partial charge in [0.05, 0.1) is 17.8 Å². The molecule has 0 aliphatic carbocycles. The van der Waals surface area contributed by atoms with Gasteiger partial charge < -0.3 is 20.5 Å². The number of aromatic nitrogens is 4. The number of aromatic carboxylic acids is 1. The number of nitrogens with zero attached hydrogens (tertiary/aromatic N) is 4. The van der Waals surface area contributed by atoms with Gasteiger partial charge in [-0.05, 0) is 36.8 Å². The summed E-state index contributed by atoms with van der Waals surface area (Å²) in [6, 6.07) is 10.7. The first-order chi connectivity index (χ1) is 16.9. The van der Waals surface area contributed by atoms with E-state index in [-0.39, 0.29) is 23.6 Å². The van der Waals surface area contributed by atoms with Gasteiger partial charge in [-0.15, -0.1) is 11.6 Å². The second kappa shape index (κ2) is 10.8. The normalized spacial score (nSPS) is 10.8. The van der Waals surface area contributed by atoms with Gasteiger partial charge in [0.1, 0.15) is 30.3 Å². The number of hydrogen-bond donors (Lipinski definition) is 3. The molecule has 35 heavy (non-hydrogen) atoms. The molecule has 4 aromatic rings. The largest absolute Gasteiger partial charge is 0.493 e. The maximum Gasteiger partial charge on any atom is 0.358 e. The number of nitrogens with one attached hydrogen (secondary N) is 2. The first-order valence-corrected chi connectivity index (χ1v) is 11.0. The van der Waals surface area contributed by atoms with E-state index in [4.69, 9.17) is 16.3 Å². The molecule has 12 heteroatoms. The van der Waals surface area contributed by atoms with Gasteiger partial charge in [-0.3, -0.25) is 9.48 Å². The molecule has 0 spiro atoms. The first-order valence-electron chi connectivity index (χ1n) is 10.5. The highest BCUT2D eigenvalue weighted by molar-refractivity contribution is 6.17. The molecule has 2 heterocycles. The predicted molar refractivity (Wildman–Crippen MR) is 128 cm³/mol. The smallest absolute Gasteiger partial charge is 0.358 e. The number of carbonyl (C=O) groups is 2. The van der Waals surface area contributed by atoms with E-state index >= 15 is 0 Å². The topological polar surface area (TPSA) is 131 Å². The summed E-state index contributed by atoms with van der Waals surface area (Å²) in [6.45, 7) is 0.186. The highest BCUT2D eigenvalue weighted by Crippen LogP contribution is 2.27. The zero-order valence-corrected chi connectivity index (χ0v) is 19.0. The Morgan fingerprint density at radius 3 is 2.80 bits per heavy atom. The number of alkyl halides is 1. The number of amides is 1. The maximum absolute atomic E-state index is 13.3. The van der Waals surface area contributed by atoms with Crippen LogP contribution < -0.4 is 15.4 Å². The number of hydrogen-bond acceptors (Lipinski definition) is 7.